The smallest absolute Gasteiger partial charge is 0.322 e. The van der Waals surface area contributed by atoms with Gasteiger partial charge in [0.25, 0.3) is 0 Å². The van der Waals surface area contributed by atoms with Crippen LogP contribution in [0.2, 0.25) is 0 Å². The number of carbonyl (C=O) groups excluding carboxylic acids is 1. The molecule has 4 rings (SSSR count). The number of carbonyl (C=O) groups is 1. The summed E-state index contributed by atoms with van der Waals surface area (Å²) in [6.45, 7) is 4.77. The van der Waals surface area contributed by atoms with Crippen LogP contribution in [-0.2, 0) is 6.42 Å². The standard InChI is InChI=1S/C23H27N5O3/c1-17(22-25-21(26-31-22)16-18-8-4-3-5-9-18)27-12-14-28(15-13-27)23(29)24-19-10-6-7-11-20(19)30-2/h3-11,17H,12-16H2,1-2H3,(H,24,29)/t17-/m0/s1. The molecule has 31 heavy (non-hydrogen) atoms. The van der Waals surface area contributed by atoms with Gasteiger partial charge in [-0.2, -0.15) is 4.98 Å². The van der Waals surface area contributed by atoms with E-state index in [1.807, 2.05) is 47.4 Å². The van der Waals surface area contributed by atoms with Crippen molar-refractivity contribution in [2.45, 2.75) is 19.4 Å². The summed E-state index contributed by atoms with van der Waals surface area (Å²) in [6, 6.07) is 17.4. The lowest BCUT2D eigenvalue weighted by Crippen LogP contribution is -2.50. The van der Waals surface area contributed by atoms with E-state index in [-0.39, 0.29) is 12.1 Å². The minimum absolute atomic E-state index is 0.00329. The third-order valence-electron chi connectivity index (χ3n) is 5.54. The number of aromatic nitrogens is 2. The molecule has 1 saturated heterocycles. The van der Waals surface area contributed by atoms with E-state index in [0.29, 0.717) is 42.7 Å². The van der Waals surface area contributed by atoms with Gasteiger partial charge in [-0.25, -0.2) is 4.79 Å². The Hall–Kier alpha value is -3.39. The Labute approximate surface area is 181 Å². The fraction of sp³-hybridized carbons (Fsp3) is 0.348. The SMILES string of the molecule is COc1ccccc1NC(=O)N1CCN([C@@H](C)c2nc(Cc3ccccc3)no2)CC1. The summed E-state index contributed by atoms with van der Waals surface area (Å²) in [5, 5.41) is 7.07. The molecule has 1 fully saturated rings. The number of nitrogens with zero attached hydrogens (tertiary/aromatic N) is 4. The van der Waals surface area contributed by atoms with Crippen LogP contribution in [0.3, 0.4) is 0 Å². The zero-order chi connectivity index (χ0) is 21.6. The van der Waals surface area contributed by atoms with Gasteiger partial charge in [-0.1, -0.05) is 47.6 Å². The molecule has 2 heterocycles. The highest BCUT2D eigenvalue weighted by Gasteiger charge is 2.28. The van der Waals surface area contributed by atoms with Crippen molar-refractivity contribution in [3.63, 3.8) is 0 Å². The molecule has 1 aliphatic rings. The molecule has 0 bridgehead atoms. The van der Waals surface area contributed by atoms with E-state index in [0.717, 1.165) is 18.7 Å². The topological polar surface area (TPSA) is 83.7 Å². The van der Waals surface area contributed by atoms with Crippen molar-refractivity contribution in [2.75, 3.05) is 38.6 Å². The third-order valence-corrected chi connectivity index (χ3v) is 5.54. The molecule has 2 amide bonds. The summed E-state index contributed by atoms with van der Waals surface area (Å²) in [4.78, 5) is 21.3. The molecule has 8 heteroatoms. The Bertz CT molecular complexity index is 999. The van der Waals surface area contributed by atoms with E-state index in [1.165, 1.54) is 0 Å². The molecule has 1 atom stereocenters. The van der Waals surface area contributed by atoms with Gasteiger partial charge in [0.2, 0.25) is 5.89 Å². The number of benzene rings is 2. The summed E-state index contributed by atoms with van der Waals surface area (Å²) >= 11 is 0. The summed E-state index contributed by atoms with van der Waals surface area (Å²) in [6.07, 6.45) is 0.647. The van der Waals surface area contributed by atoms with E-state index >= 15 is 0 Å². The predicted octanol–water partition coefficient (Wildman–Crippen LogP) is 3.58. The monoisotopic (exact) mass is 421 g/mol. The maximum atomic E-state index is 12.7. The van der Waals surface area contributed by atoms with Gasteiger partial charge in [0.1, 0.15) is 5.75 Å². The van der Waals surface area contributed by atoms with Gasteiger partial charge in [-0.3, -0.25) is 4.90 Å². The Morgan fingerprint density at radius 1 is 1.10 bits per heavy atom. The molecule has 162 valence electrons. The average molecular weight is 422 g/mol. The van der Waals surface area contributed by atoms with E-state index < -0.39 is 0 Å². The first-order chi connectivity index (χ1) is 15.1. The summed E-state index contributed by atoms with van der Waals surface area (Å²) in [5.74, 6) is 1.94. The average Bonchev–Trinajstić information content (AvgIpc) is 3.28. The highest BCUT2D eigenvalue weighted by molar-refractivity contribution is 5.91. The molecule has 0 spiro atoms. The Balaban J connectivity index is 1.31. The third kappa shape index (κ3) is 5.03. The largest absolute Gasteiger partial charge is 0.495 e. The zero-order valence-electron chi connectivity index (χ0n) is 17.8. The lowest BCUT2D eigenvalue weighted by atomic mass is 10.1. The van der Waals surface area contributed by atoms with Crippen LogP contribution in [-0.4, -0.2) is 59.3 Å². The van der Waals surface area contributed by atoms with Crippen LogP contribution < -0.4 is 10.1 Å². The van der Waals surface area contributed by atoms with Crippen LogP contribution in [0.15, 0.2) is 59.1 Å². The zero-order valence-corrected chi connectivity index (χ0v) is 17.8. The van der Waals surface area contributed by atoms with E-state index in [9.17, 15) is 4.79 Å². The van der Waals surface area contributed by atoms with Gasteiger partial charge in [-0.15, -0.1) is 0 Å². The lowest BCUT2D eigenvalue weighted by Gasteiger charge is -2.36. The van der Waals surface area contributed by atoms with Crippen LogP contribution in [0.1, 0.15) is 30.2 Å². The van der Waals surface area contributed by atoms with Crippen LogP contribution in [0.25, 0.3) is 0 Å². The lowest BCUT2D eigenvalue weighted by molar-refractivity contribution is 0.104. The number of urea groups is 1. The van der Waals surface area contributed by atoms with Crippen LogP contribution >= 0.6 is 0 Å². The number of methoxy groups -OCH3 is 1. The maximum absolute atomic E-state index is 12.7. The highest BCUT2D eigenvalue weighted by atomic mass is 16.5. The minimum Gasteiger partial charge on any atom is -0.495 e. The molecular weight excluding hydrogens is 394 g/mol. The van der Waals surface area contributed by atoms with Gasteiger partial charge in [-0.05, 0) is 24.6 Å². The molecule has 0 radical (unpaired) electrons. The number of para-hydroxylation sites is 2. The predicted molar refractivity (Wildman–Crippen MR) is 117 cm³/mol. The van der Waals surface area contributed by atoms with Crippen molar-refractivity contribution in [3.05, 3.63) is 71.9 Å². The van der Waals surface area contributed by atoms with Crippen molar-refractivity contribution < 1.29 is 14.1 Å². The molecule has 0 aliphatic carbocycles. The number of nitrogens with one attached hydrogen (secondary N) is 1. The molecule has 1 aliphatic heterocycles. The number of amides is 2. The Morgan fingerprint density at radius 3 is 2.55 bits per heavy atom. The van der Waals surface area contributed by atoms with Crippen LogP contribution in [0.5, 0.6) is 5.75 Å². The van der Waals surface area contributed by atoms with Crippen LogP contribution in [0, 0.1) is 0 Å². The molecule has 8 nitrogen and oxygen atoms in total. The Morgan fingerprint density at radius 2 is 1.81 bits per heavy atom. The number of ether oxygens (including phenoxy) is 1. The fourth-order valence-electron chi connectivity index (χ4n) is 3.70. The molecule has 0 unspecified atom stereocenters. The van der Waals surface area contributed by atoms with E-state index in [2.05, 4.69) is 39.4 Å². The van der Waals surface area contributed by atoms with Crippen molar-refractivity contribution in [3.8, 4) is 5.75 Å². The first-order valence-electron chi connectivity index (χ1n) is 10.4. The number of hydrogen-bond donors (Lipinski definition) is 1. The second kappa shape index (κ2) is 9.61. The summed E-state index contributed by atoms with van der Waals surface area (Å²) < 4.78 is 10.8. The van der Waals surface area contributed by atoms with Crippen molar-refractivity contribution >= 4 is 11.7 Å². The first kappa shape index (κ1) is 20.9. The molecule has 2 aromatic carbocycles. The summed E-state index contributed by atoms with van der Waals surface area (Å²) in [5.41, 5.74) is 1.82. The minimum atomic E-state index is -0.125. The Kier molecular flexibility index (Phi) is 6.47. The number of hydrogen-bond acceptors (Lipinski definition) is 6. The summed E-state index contributed by atoms with van der Waals surface area (Å²) in [7, 11) is 1.59. The fourth-order valence-corrected chi connectivity index (χ4v) is 3.70. The van der Waals surface area contributed by atoms with E-state index in [4.69, 9.17) is 9.26 Å². The second-order valence-electron chi connectivity index (χ2n) is 7.54. The molecule has 1 N–H and O–H groups in total. The van der Waals surface area contributed by atoms with Gasteiger partial charge in [0.05, 0.1) is 18.8 Å². The number of piperazine rings is 1. The van der Waals surface area contributed by atoms with Crippen molar-refractivity contribution in [1.29, 1.82) is 0 Å². The second-order valence-corrected chi connectivity index (χ2v) is 7.54. The van der Waals surface area contributed by atoms with Gasteiger partial charge in [0, 0.05) is 32.6 Å². The van der Waals surface area contributed by atoms with Gasteiger partial charge >= 0.3 is 6.03 Å². The molecular formula is C23H27N5O3. The normalized spacial score (nSPS) is 15.5. The molecule has 0 saturated carbocycles. The molecule has 1 aromatic heterocycles. The maximum Gasteiger partial charge on any atom is 0.322 e. The van der Waals surface area contributed by atoms with E-state index in [1.54, 1.807) is 7.11 Å². The van der Waals surface area contributed by atoms with Crippen molar-refractivity contribution in [2.24, 2.45) is 0 Å². The number of rotatable bonds is 6. The van der Waals surface area contributed by atoms with Gasteiger partial charge < -0.3 is 19.5 Å². The first-order valence-corrected chi connectivity index (χ1v) is 10.4. The number of anilines is 1. The quantitative estimate of drug-likeness (QED) is 0.655. The highest BCUT2D eigenvalue weighted by Crippen LogP contribution is 2.24. The van der Waals surface area contributed by atoms with Gasteiger partial charge in [0.15, 0.2) is 5.82 Å². The van der Waals surface area contributed by atoms with Crippen LogP contribution in [0.4, 0.5) is 10.5 Å². The molecule has 3 aromatic rings. The van der Waals surface area contributed by atoms with Crippen molar-refractivity contribution in [1.82, 2.24) is 19.9 Å².